The third-order valence-electron chi connectivity index (χ3n) is 3.26. The van der Waals surface area contributed by atoms with E-state index in [1.165, 1.54) is 12.1 Å². The van der Waals surface area contributed by atoms with Crippen LogP contribution in [-0.2, 0) is 4.79 Å². The van der Waals surface area contributed by atoms with E-state index in [0.29, 0.717) is 17.9 Å². The van der Waals surface area contributed by atoms with Crippen molar-refractivity contribution in [1.82, 2.24) is 9.38 Å². The van der Waals surface area contributed by atoms with E-state index in [-0.39, 0.29) is 5.75 Å². The minimum absolute atomic E-state index is 0.385. The summed E-state index contributed by atoms with van der Waals surface area (Å²) in [7, 11) is 0. The van der Waals surface area contributed by atoms with Crippen molar-refractivity contribution in [3.63, 3.8) is 0 Å². The second kappa shape index (κ2) is 4.90. The van der Waals surface area contributed by atoms with Crippen LogP contribution in [0.25, 0.3) is 16.8 Å². The molecule has 0 saturated heterocycles. The largest absolute Gasteiger partial charge is 0.505 e. The number of nitrogens with one attached hydrogen (secondary N) is 1. The molecule has 2 aromatic heterocycles. The lowest BCUT2D eigenvalue weighted by Crippen LogP contribution is -1.92. The van der Waals surface area contributed by atoms with Gasteiger partial charge in [0.15, 0.2) is 17.4 Å². The Bertz CT molecular complexity index is 842. The van der Waals surface area contributed by atoms with E-state index < -0.39 is 5.82 Å². The number of benzene rings is 1. The second-order valence-corrected chi connectivity index (χ2v) is 4.69. The zero-order chi connectivity index (χ0) is 15.0. The number of pyridine rings is 1. The van der Waals surface area contributed by atoms with Gasteiger partial charge in [0, 0.05) is 6.20 Å². The van der Waals surface area contributed by atoms with E-state index >= 15 is 0 Å². The molecule has 0 aliphatic carbocycles. The number of phenolic OH excluding ortho intramolecular Hbond substituents is 1. The second-order valence-electron chi connectivity index (χ2n) is 4.69. The van der Waals surface area contributed by atoms with Gasteiger partial charge >= 0.3 is 0 Å². The molecular weight excluding hydrogens is 273 g/mol. The number of halogens is 1. The van der Waals surface area contributed by atoms with Gasteiger partial charge in [0.25, 0.3) is 0 Å². The summed E-state index contributed by atoms with van der Waals surface area (Å²) in [6, 6.07) is 6.30. The Morgan fingerprint density at radius 1 is 1.33 bits per heavy atom. The summed E-state index contributed by atoms with van der Waals surface area (Å²) in [5.41, 5.74) is 2.93. The SMILES string of the molecule is Cc1cc(F)c(O)cc1-c1ccc2nc(NC=O)cn2c1. The van der Waals surface area contributed by atoms with Gasteiger partial charge in [-0.15, -0.1) is 0 Å². The summed E-state index contributed by atoms with van der Waals surface area (Å²) in [6.07, 6.45) is 4.04. The summed E-state index contributed by atoms with van der Waals surface area (Å²) in [5, 5.41) is 12.0. The molecule has 2 heterocycles. The predicted octanol–water partition coefficient (Wildman–Crippen LogP) is 2.72. The maximum absolute atomic E-state index is 13.3. The molecule has 5 nitrogen and oxygen atoms in total. The molecule has 0 unspecified atom stereocenters. The Hall–Kier alpha value is -2.89. The van der Waals surface area contributed by atoms with Crippen molar-refractivity contribution >= 4 is 17.9 Å². The molecule has 106 valence electrons. The molecule has 2 N–H and O–H groups in total. The van der Waals surface area contributed by atoms with Gasteiger partial charge in [0.2, 0.25) is 6.41 Å². The Labute approximate surface area is 119 Å². The average molecular weight is 285 g/mol. The number of phenols is 1. The fourth-order valence-corrected chi connectivity index (χ4v) is 2.25. The smallest absolute Gasteiger partial charge is 0.212 e. The van der Waals surface area contributed by atoms with Crippen molar-refractivity contribution in [2.75, 3.05) is 5.32 Å². The Morgan fingerprint density at radius 3 is 2.90 bits per heavy atom. The summed E-state index contributed by atoms with van der Waals surface area (Å²) in [6.45, 7) is 1.77. The van der Waals surface area contributed by atoms with Gasteiger partial charge in [-0.05, 0) is 47.9 Å². The zero-order valence-corrected chi connectivity index (χ0v) is 11.2. The van der Waals surface area contributed by atoms with Crippen molar-refractivity contribution in [3.8, 4) is 16.9 Å². The highest BCUT2D eigenvalue weighted by atomic mass is 19.1. The van der Waals surface area contributed by atoms with E-state index in [1.807, 2.05) is 6.07 Å². The minimum atomic E-state index is -0.641. The topological polar surface area (TPSA) is 66.6 Å². The first-order valence-electron chi connectivity index (χ1n) is 6.27. The number of imidazole rings is 1. The van der Waals surface area contributed by atoms with Crippen LogP contribution in [0.1, 0.15) is 5.56 Å². The van der Waals surface area contributed by atoms with E-state index in [0.717, 1.165) is 16.7 Å². The quantitative estimate of drug-likeness (QED) is 0.727. The van der Waals surface area contributed by atoms with Crippen LogP contribution in [0.3, 0.4) is 0 Å². The molecule has 0 spiro atoms. The molecule has 1 aromatic carbocycles. The predicted molar refractivity (Wildman–Crippen MR) is 76.7 cm³/mol. The number of anilines is 1. The number of hydrogen-bond acceptors (Lipinski definition) is 3. The van der Waals surface area contributed by atoms with Crippen molar-refractivity contribution in [2.45, 2.75) is 6.92 Å². The number of aromatic nitrogens is 2. The number of nitrogens with zero attached hydrogens (tertiary/aromatic N) is 2. The first-order chi connectivity index (χ1) is 10.1. The zero-order valence-electron chi connectivity index (χ0n) is 11.2. The van der Waals surface area contributed by atoms with Crippen molar-refractivity contribution < 1.29 is 14.3 Å². The van der Waals surface area contributed by atoms with E-state index in [4.69, 9.17) is 0 Å². The lowest BCUT2D eigenvalue weighted by molar-refractivity contribution is -0.105. The number of carbonyl (C=O) groups excluding carboxylic acids is 1. The lowest BCUT2D eigenvalue weighted by Gasteiger charge is -2.08. The van der Waals surface area contributed by atoms with Crippen LogP contribution >= 0.6 is 0 Å². The third-order valence-corrected chi connectivity index (χ3v) is 3.26. The van der Waals surface area contributed by atoms with Gasteiger partial charge in [0.1, 0.15) is 5.65 Å². The monoisotopic (exact) mass is 285 g/mol. The van der Waals surface area contributed by atoms with Crippen LogP contribution in [0, 0.1) is 12.7 Å². The molecular formula is C15H12FN3O2. The number of carbonyl (C=O) groups is 1. The first-order valence-corrected chi connectivity index (χ1v) is 6.27. The van der Waals surface area contributed by atoms with Gasteiger partial charge in [0.05, 0.1) is 6.20 Å². The van der Waals surface area contributed by atoms with Gasteiger partial charge in [-0.25, -0.2) is 9.37 Å². The highest BCUT2D eigenvalue weighted by Crippen LogP contribution is 2.29. The minimum Gasteiger partial charge on any atom is -0.505 e. The highest BCUT2D eigenvalue weighted by Gasteiger charge is 2.09. The van der Waals surface area contributed by atoms with Crippen molar-refractivity contribution in [2.24, 2.45) is 0 Å². The summed E-state index contributed by atoms with van der Waals surface area (Å²) in [4.78, 5) is 14.6. The summed E-state index contributed by atoms with van der Waals surface area (Å²) < 4.78 is 15.1. The van der Waals surface area contributed by atoms with Crippen molar-refractivity contribution in [1.29, 1.82) is 0 Å². The van der Waals surface area contributed by atoms with Crippen LogP contribution in [-0.4, -0.2) is 20.9 Å². The number of amides is 1. The van der Waals surface area contributed by atoms with Gasteiger partial charge < -0.3 is 14.8 Å². The van der Waals surface area contributed by atoms with Crippen LogP contribution < -0.4 is 5.32 Å². The molecule has 3 aromatic rings. The number of fused-ring (bicyclic) bond motifs is 1. The molecule has 0 bridgehead atoms. The van der Waals surface area contributed by atoms with Crippen LogP contribution in [0.4, 0.5) is 10.2 Å². The van der Waals surface area contributed by atoms with Crippen LogP contribution in [0.5, 0.6) is 5.75 Å². The van der Waals surface area contributed by atoms with Gasteiger partial charge in [-0.1, -0.05) is 0 Å². The van der Waals surface area contributed by atoms with E-state index in [2.05, 4.69) is 10.3 Å². The fourth-order valence-electron chi connectivity index (χ4n) is 2.25. The van der Waals surface area contributed by atoms with Crippen molar-refractivity contribution in [3.05, 3.63) is 48.0 Å². The van der Waals surface area contributed by atoms with Crippen LogP contribution in [0.2, 0.25) is 0 Å². The molecule has 0 radical (unpaired) electrons. The fraction of sp³-hybridized carbons (Fsp3) is 0.0667. The van der Waals surface area contributed by atoms with Gasteiger partial charge in [-0.2, -0.15) is 0 Å². The molecule has 0 saturated carbocycles. The first kappa shape index (κ1) is 13.1. The number of aryl methyl sites for hydroxylation is 1. The molecule has 0 atom stereocenters. The molecule has 21 heavy (non-hydrogen) atoms. The molecule has 6 heteroatoms. The number of aromatic hydroxyl groups is 1. The number of rotatable bonds is 3. The maximum Gasteiger partial charge on any atom is 0.212 e. The molecule has 0 aliphatic heterocycles. The average Bonchev–Trinajstić information content (AvgIpc) is 2.84. The lowest BCUT2D eigenvalue weighted by atomic mass is 10.0. The summed E-state index contributed by atoms with van der Waals surface area (Å²) >= 11 is 0. The molecule has 3 rings (SSSR count). The Morgan fingerprint density at radius 2 is 2.14 bits per heavy atom. The molecule has 0 fully saturated rings. The highest BCUT2D eigenvalue weighted by molar-refractivity contribution is 5.72. The Kier molecular flexibility index (Phi) is 3.06. The maximum atomic E-state index is 13.3. The van der Waals surface area contributed by atoms with E-state index in [9.17, 15) is 14.3 Å². The molecule has 1 amide bonds. The van der Waals surface area contributed by atoms with E-state index in [1.54, 1.807) is 29.8 Å². The Balaban J connectivity index is 2.12. The molecule has 0 aliphatic rings. The normalized spacial score (nSPS) is 10.8. The summed E-state index contributed by atoms with van der Waals surface area (Å²) in [5.74, 6) is -0.581. The van der Waals surface area contributed by atoms with Crippen LogP contribution in [0.15, 0.2) is 36.7 Å². The standard InChI is InChI=1S/C15H12FN3O2/c1-9-4-12(16)13(21)5-11(9)10-2-3-15-18-14(17-8-20)7-19(15)6-10/h2-8,21H,1H3,(H,17,20). The van der Waals surface area contributed by atoms with Gasteiger partial charge in [-0.3, -0.25) is 4.79 Å². The third kappa shape index (κ3) is 2.31. The number of hydrogen-bond donors (Lipinski definition) is 2.